The van der Waals surface area contributed by atoms with Gasteiger partial charge < -0.3 is 9.52 Å². The minimum absolute atomic E-state index is 0.163. The van der Waals surface area contributed by atoms with Gasteiger partial charge in [0.2, 0.25) is 0 Å². The summed E-state index contributed by atoms with van der Waals surface area (Å²) < 4.78 is 8.01. The number of rotatable bonds is 3. The van der Waals surface area contributed by atoms with Crippen LogP contribution in [0.3, 0.4) is 0 Å². The van der Waals surface area contributed by atoms with Crippen molar-refractivity contribution in [3.05, 3.63) is 52.7 Å². The van der Waals surface area contributed by atoms with Gasteiger partial charge in [0.15, 0.2) is 5.65 Å². The van der Waals surface area contributed by atoms with Gasteiger partial charge in [-0.3, -0.25) is 4.98 Å². The lowest BCUT2D eigenvalue weighted by atomic mass is 10.4. The van der Waals surface area contributed by atoms with Gasteiger partial charge in [0.1, 0.15) is 24.7 Å². The van der Waals surface area contributed by atoms with Crippen molar-refractivity contribution in [2.24, 2.45) is 0 Å². The summed E-state index contributed by atoms with van der Waals surface area (Å²) >= 11 is 0. The third-order valence-electron chi connectivity index (χ3n) is 2.57. The largest absolute Gasteiger partial charge is 0.462 e. The Balaban J connectivity index is 1.99. The molecule has 1 N–H and O–H groups in total. The number of aliphatic hydroxyl groups excluding tert-OH is 1. The Hall–Kier alpha value is -2.41. The Morgan fingerprint density at radius 2 is 2.17 bits per heavy atom. The second-order valence-corrected chi connectivity index (χ2v) is 3.77. The zero-order valence-corrected chi connectivity index (χ0v) is 9.35. The van der Waals surface area contributed by atoms with Crippen molar-refractivity contribution >= 4 is 5.65 Å². The topological polar surface area (TPSA) is 85.6 Å². The normalized spacial score (nSPS) is 11.2. The molecular weight excluding hydrogens is 236 g/mol. The monoisotopic (exact) mass is 246 g/mol. The van der Waals surface area contributed by atoms with E-state index in [0.717, 1.165) is 0 Å². The average Bonchev–Trinajstić information content (AvgIpc) is 2.97. The lowest BCUT2D eigenvalue weighted by Crippen LogP contribution is -2.21. The molecule has 0 unspecified atom stereocenters. The number of hydrogen-bond acceptors (Lipinski definition) is 5. The third kappa shape index (κ3) is 1.70. The maximum atomic E-state index is 12.0. The van der Waals surface area contributed by atoms with Crippen molar-refractivity contribution in [2.45, 2.75) is 13.2 Å². The molecule has 0 aliphatic carbocycles. The molecule has 7 heteroatoms. The van der Waals surface area contributed by atoms with Crippen LogP contribution in [0, 0.1) is 0 Å². The molecule has 0 saturated carbocycles. The summed E-state index contributed by atoms with van der Waals surface area (Å²) in [5, 5.41) is 13.0. The zero-order chi connectivity index (χ0) is 12.5. The molecule has 7 nitrogen and oxygen atoms in total. The van der Waals surface area contributed by atoms with Gasteiger partial charge >= 0.3 is 5.69 Å². The first kappa shape index (κ1) is 10.7. The smallest absolute Gasteiger partial charge is 0.350 e. The maximum absolute atomic E-state index is 12.0. The van der Waals surface area contributed by atoms with Gasteiger partial charge in [-0.05, 0) is 12.1 Å². The molecule has 92 valence electrons. The highest BCUT2D eigenvalue weighted by atomic mass is 16.4. The van der Waals surface area contributed by atoms with E-state index >= 15 is 0 Å². The Morgan fingerprint density at radius 1 is 1.33 bits per heavy atom. The van der Waals surface area contributed by atoms with Crippen molar-refractivity contribution in [1.82, 2.24) is 19.2 Å². The molecule has 0 aliphatic rings. The molecule has 0 amide bonds. The Kier molecular flexibility index (Phi) is 2.45. The Bertz CT molecular complexity index is 740. The van der Waals surface area contributed by atoms with Crippen molar-refractivity contribution in [2.75, 3.05) is 0 Å². The summed E-state index contributed by atoms with van der Waals surface area (Å²) in [6.07, 6.45) is 4.60. The summed E-state index contributed by atoms with van der Waals surface area (Å²) in [6, 6.07) is 3.37. The standard InChI is InChI=1S/C11H10N4O3/c16-7-9-2-1-8(18-9)6-15-11(17)14-4-3-12-5-10(14)13-15/h1-5,16H,6-7H2. The van der Waals surface area contributed by atoms with Crippen LogP contribution in [-0.2, 0) is 13.2 Å². The van der Waals surface area contributed by atoms with E-state index in [4.69, 9.17) is 9.52 Å². The molecule has 0 bridgehead atoms. The summed E-state index contributed by atoms with van der Waals surface area (Å²) in [5.74, 6) is 1.03. The van der Waals surface area contributed by atoms with E-state index in [1.807, 2.05) is 0 Å². The molecule has 3 aromatic heterocycles. The van der Waals surface area contributed by atoms with Gasteiger partial charge in [-0.1, -0.05) is 0 Å². The molecular formula is C11H10N4O3. The molecule has 0 saturated heterocycles. The van der Waals surface area contributed by atoms with Crippen LogP contribution in [0.1, 0.15) is 11.5 Å². The van der Waals surface area contributed by atoms with Crippen molar-refractivity contribution in [3.63, 3.8) is 0 Å². The van der Waals surface area contributed by atoms with Crippen molar-refractivity contribution in [1.29, 1.82) is 0 Å². The van der Waals surface area contributed by atoms with Gasteiger partial charge in [-0.2, -0.15) is 0 Å². The van der Waals surface area contributed by atoms with Crippen LogP contribution >= 0.6 is 0 Å². The fourth-order valence-electron chi connectivity index (χ4n) is 1.72. The summed E-state index contributed by atoms with van der Waals surface area (Å²) in [7, 11) is 0. The van der Waals surface area contributed by atoms with Crippen LogP contribution in [0.4, 0.5) is 0 Å². The first-order valence-corrected chi connectivity index (χ1v) is 5.35. The predicted octanol–water partition coefficient (Wildman–Crippen LogP) is 0.0246. The maximum Gasteiger partial charge on any atom is 0.350 e. The number of furan rings is 1. The molecule has 0 aliphatic heterocycles. The van der Waals surface area contributed by atoms with Gasteiger partial charge in [-0.15, -0.1) is 5.10 Å². The molecule has 0 atom stereocenters. The quantitative estimate of drug-likeness (QED) is 0.704. The van der Waals surface area contributed by atoms with Crippen LogP contribution in [0.15, 0.2) is 39.9 Å². The number of aliphatic hydroxyl groups is 1. The van der Waals surface area contributed by atoms with E-state index in [1.54, 1.807) is 18.3 Å². The highest BCUT2D eigenvalue weighted by Gasteiger charge is 2.09. The number of nitrogens with zero attached hydrogens (tertiary/aromatic N) is 4. The number of aromatic nitrogens is 4. The molecule has 18 heavy (non-hydrogen) atoms. The molecule has 0 fully saturated rings. The number of fused-ring (bicyclic) bond motifs is 1. The minimum atomic E-state index is -0.255. The molecule has 0 spiro atoms. The molecule has 0 radical (unpaired) electrons. The van der Waals surface area contributed by atoms with E-state index < -0.39 is 0 Å². The fraction of sp³-hybridized carbons (Fsp3) is 0.182. The highest BCUT2D eigenvalue weighted by Crippen LogP contribution is 2.08. The van der Waals surface area contributed by atoms with Crippen LogP contribution in [-0.4, -0.2) is 24.3 Å². The molecule has 3 heterocycles. The first-order chi connectivity index (χ1) is 8.78. The summed E-state index contributed by atoms with van der Waals surface area (Å²) in [6.45, 7) is 0.0600. The van der Waals surface area contributed by atoms with Gasteiger partial charge in [0.25, 0.3) is 0 Å². The van der Waals surface area contributed by atoms with Gasteiger partial charge in [0.05, 0.1) is 6.20 Å². The third-order valence-corrected chi connectivity index (χ3v) is 2.57. The number of hydrogen-bond donors (Lipinski definition) is 1. The molecule has 0 aromatic carbocycles. The molecule has 3 rings (SSSR count). The second-order valence-electron chi connectivity index (χ2n) is 3.77. The summed E-state index contributed by atoms with van der Waals surface area (Å²) in [4.78, 5) is 15.9. The van der Waals surface area contributed by atoms with E-state index in [9.17, 15) is 4.79 Å². The lowest BCUT2D eigenvalue weighted by Gasteiger charge is -1.94. The summed E-state index contributed by atoms with van der Waals surface area (Å²) in [5.41, 5.74) is 0.228. The fourth-order valence-corrected chi connectivity index (χ4v) is 1.72. The Morgan fingerprint density at radius 3 is 2.89 bits per heavy atom. The SMILES string of the molecule is O=c1n(Cc2ccc(CO)o2)nc2cnccn12. The van der Waals surface area contributed by atoms with Gasteiger partial charge in [-0.25, -0.2) is 13.9 Å². The van der Waals surface area contributed by atoms with Crippen molar-refractivity contribution < 1.29 is 9.52 Å². The van der Waals surface area contributed by atoms with Crippen molar-refractivity contribution in [3.8, 4) is 0 Å². The van der Waals surface area contributed by atoms with Crippen LogP contribution in [0.5, 0.6) is 0 Å². The predicted molar refractivity (Wildman–Crippen MR) is 61.0 cm³/mol. The van der Waals surface area contributed by atoms with Gasteiger partial charge in [0, 0.05) is 12.4 Å². The minimum Gasteiger partial charge on any atom is -0.462 e. The highest BCUT2D eigenvalue weighted by molar-refractivity contribution is 5.31. The van der Waals surface area contributed by atoms with Crippen LogP contribution < -0.4 is 5.69 Å². The second kappa shape index (κ2) is 4.11. The Labute approximate surface area is 101 Å². The first-order valence-electron chi connectivity index (χ1n) is 5.35. The van der Waals surface area contributed by atoms with E-state index in [-0.39, 0.29) is 18.8 Å². The van der Waals surface area contributed by atoms with E-state index in [2.05, 4.69) is 10.1 Å². The van der Waals surface area contributed by atoms with Crippen LogP contribution in [0.2, 0.25) is 0 Å². The molecule has 3 aromatic rings. The van der Waals surface area contributed by atoms with E-state index in [1.165, 1.54) is 21.5 Å². The van der Waals surface area contributed by atoms with E-state index in [0.29, 0.717) is 17.2 Å². The lowest BCUT2D eigenvalue weighted by molar-refractivity contribution is 0.242. The average molecular weight is 246 g/mol. The van der Waals surface area contributed by atoms with Crippen LogP contribution in [0.25, 0.3) is 5.65 Å². The zero-order valence-electron chi connectivity index (χ0n) is 9.35.